The van der Waals surface area contributed by atoms with Crippen molar-refractivity contribution in [2.45, 2.75) is 38.3 Å². The molecular weight excluding hydrogens is 230 g/mol. The first-order valence-corrected chi connectivity index (χ1v) is 7.13. The number of aliphatic carboxylic acids is 1. The first-order chi connectivity index (χ1) is 8.70. The molecule has 2 aliphatic rings. The van der Waals surface area contributed by atoms with Gasteiger partial charge in [0.15, 0.2) is 0 Å². The normalized spacial score (nSPS) is 24.1. The van der Waals surface area contributed by atoms with Crippen LogP contribution in [0.1, 0.15) is 26.2 Å². The summed E-state index contributed by atoms with van der Waals surface area (Å²) in [7, 11) is 0. The number of rotatable bonds is 7. The first kappa shape index (κ1) is 13.8. The van der Waals surface area contributed by atoms with Gasteiger partial charge in [-0.15, -0.1) is 0 Å². The minimum Gasteiger partial charge on any atom is -0.480 e. The van der Waals surface area contributed by atoms with Gasteiger partial charge in [0.1, 0.15) is 6.04 Å². The van der Waals surface area contributed by atoms with Crippen molar-refractivity contribution in [1.29, 1.82) is 0 Å². The lowest BCUT2D eigenvalue weighted by atomic mass is 10.2. The monoisotopic (exact) mass is 255 g/mol. The van der Waals surface area contributed by atoms with Crippen LogP contribution in [0.5, 0.6) is 0 Å². The molecule has 1 saturated carbocycles. The number of carboxylic acid groups (broad SMARTS) is 1. The molecular formula is C13H25N3O2. The van der Waals surface area contributed by atoms with Gasteiger partial charge in [0.2, 0.25) is 0 Å². The summed E-state index contributed by atoms with van der Waals surface area (Å²) < 4.78 is 0. The smallest absolute Gasteiger partial charge is 0.322 e. The van der Waals surface area contributed by atoms with Gasteiger partial charge in [0, 0.05) is 38.8 Å². The topological polar surface area (TPSA) is 55.8 Å². The molecule has 0 aromatic rings. The van der Waals surface area contributed by atoms with Crippen LogP contribution in [0, 0.1) is 0 Å². The van der Waals surface area contributed by atoms with Crippen LogP contribution in [-0.2, 0) is 4.79 Å². The number of piperazine rings is 1. The highest BCUT2D eigenvalue weighted by Crippen LogP contribution is 2.27. The molecule has 18 heavy (non-hydrogen) atoms. The maximum absolute atomic E-state index is 11.2. The van der Waals surface area contributed by atoms with Crippen molar-refractivity contribution < 1.29 is 9.90 Å². The summed E-state index contributed by atoms with van der Waals surface area (Å²) in [6.45, 7) is 7.69. The highest BCUT2D eigenvalue weighted by atomic mass is 16.4. The quantitative estimate of drug-likeness (QED) is 0.681. The van der Waals surface area contributed by atoms with Gasteiger partial charge in [0.05, 0.1) is 0 Å². The molecule has 0 aromatic heterocycles. The number of carbonyl (C=O) groups is 1. The SMILES string of the molecule is CCCNC(CN1CCN(C2CC2)CC1)C(=O)O. The third-order valence-electron chi connectivity index (χ3n) is 3.85. The van der Waals surface area contributed by atoms with E-state index in [-0.39, 0.29) is 0 Å². The standard InChI is InChI=1S/C13H25N3O2/c1-2-5-14-12(13(17)18)10-15-6-8-16(9-7-15)11-3-4-11/h11-12,14H,2-10H2,1H3,(H,17,18). The van der Waals surface area contributed by atoms with E-state index >= 15 is 0 Å². The van der Waals surface area contributed by atoms with Crippen LogP contribution in [0.3, 0.4) is 0 Å². The minimum absolute atomic E-state index is 0.419. The summed E-state index contributed by atoms with van der Waals surface area (Å²) in [5, 5.41) is 12.3. The Labute approximate surface area is 109 Å². The molecule has 5 heteroatoms. The van der Waals surface area contributed by atoms with Gasteiger partial charge in [-0.3, -0.25) is 14.6 Å². The second-order valence-electron chi connectivity index (χ2n) is 5.41. The Morgan fingerprint density at radius 2 is 2.00 bits per heavy atom. The fraction of sp³-hybridized carbons (Fsp3) is 0.923. The van der Waals surface area contributed by atoms with Crippen LogP contribution < -0.4 is 5.32 Å². The van der Waals surface area contributed by atoms with Gasteiger partial charge >= 0.3 is 5.97 Å². The summed E-state index contributed by atoms with van der Waals surface area (Å²) in [6.07, 6.45) is 3.69. The predicted octanol–water partition coefficient (Wildman–Crippen LogP) is 0.219. The van der Waals surface area contributed by atoms with Gasteiger partial charge in [-0.05, 0) is 25.8 Å². The molecule has 0 aromatic carbocycles. The van der Waals surface area contributed by atoms with E-state index in [1.165, 1.54) is 12.8 Å². The van der Waals surface area contributed by atoms with E-state index in [4.69, 9.17) is 0 Å². The number of nitrogens with zero attached hydrogens (tertiary/aromatic N) is 2. The molecule has 5 nitrogen and oxygen atoms in total. The Morgan fingerprint density at radius 1 is 1.33 bits per heavy atom. The summed E-state index contributed by atoms with van der Waals surface area (Å²) in [4.78, 5) is 16.0. The zero-order valence-corrected chi connectivity index (χ0v) is 11.3. The van der Waals surface area contributed by atoms with Crippen LogP contribution in [0.15, 0.2) is 0 Å². The van der Waals surface area contributed by atoms with E-state index in [1.807, 2.05) is 0 Å². The maximum Gasteiger partial charge on any atom is 0.322 e. The highest BCUT2D eigenvalue weighted by molar-refractivity contribution is 5.73. The number of nitrogens with one attached hydrogen (secondary N) is 1. The molecule has 1 aliphatic carbocycles. The van der Waals surface area contributed by atoms with E-state index in [0.717, 1.165) is 45.2 Å². The molecule has 1 atom stereocenters. The average Bonchev–Trinajstić information content (AvgIpc) is 3.19. The molecule has 0 bridgehead atoms. The van der Waals surface area contributed by atoms with Crippen molar-refractivity contribution in [2.24, 2.45) is 0 Å². The lowest BCUT2D eigenvalue weighted by Crippen LogP contribution is -2.53. The van der Waals surface area contributed by atoms with Gasteiger partial charge in [-0.25, -0.2) is 0 Å². The number of hydrogen-bond donors (Lipinski definition) is 2. The van der Waals surface area contributed by atoms with E-state index in [2.05, 4.69) is 22.0 Å². The summed E-state index contributed by atoms with van der Waals surface area (Å²) >= 11 is 0. The number of hydrogen-bond acceptors (Lipinski definition) is 4. The van der Waals surface area contributed by atoms with Crippen molar-refractivity contribution in [2.75, 3.05) is 39.3 Å². The van der Waals surface area contributed by atoms with E-state index in [0.29, 0.717) is 6.54 Å². The van der Waals surface area contributed by atoms with Gasteiger partial charge in [-0.2, -0.15) is 0 Å². The Bertz CT molecular complexity index is 273. The highest BCUT2D eigenvalue weighted by Gasteiger charge is 2.32. The van der Waals surface area contributed by atoms with Gasteiger partial charge in [0.25, 0.3) is 0 Å². The molecule has 1 unspecified atom stereocenters. The Morgan fingerprint density at radius 3 is 2.50 bits per heavy atom. The molecule has 0 radical (unpaired) electrons. The van der Waals surface area contributed by atoms with Crippen molar-refractivity contribution in [3.8, 4) is 0 Å². The Hall–Kier alpha value is -0.650. The van der Waals surface area contributed by atoms with Crippen LogP contribution in [0.4, 0.5) is 0 Å². The molecule has 0 spiro atoms. The Kier molecular flexibility index (Phi) is 4.97. The molecule has 2 N–H and O–H groups in total. The zero-order chi connectivity index (χ0) is 13.0. The molecule has 2 fully saturated rings. The van der Waals surface area contributed by atoms with Crippen molar-refractivity contribution in [3.05, 3.63) is 0 Å². The molecule has 1 saturated heterocycles. The lowest BCUT2D eigenvalue weighted by molar-refractivity contribution is -0.140. The van der Waals surface area contributed by atoms with Crippen molar-refractivity contribution >= 4 is 5.97 Å². The van der Waals surface area contributed by atoms with Crippen LogP contribution >= 0.6 is 0 Å². The van der Waals surface area contributed by atoms with Crippen molar-refractivity contribution in [3.63, 3.8) is 0 Å². The number of carboxylic acids is 1. The van der Waals surface area contributed by atoms with Crippen LogP contribution in [0.2, 0.25) is 0 Å². The predicted molar refractivity (Wildman–Crippen MR) is 70.8 cm³/mol. The summed E-state index contributed by atoms with van der Waals surface area (Å²) in [5.41, 5.74) is 0. The van der Waals surface area contributed by atoms with E-state index in [1.54, 1.807) is 0 Å². The molecule has 1 aliphatic heterocycles. The van der Waals surface area contributed by atoms with E-state index in [9.17, 15) is 9.90 Å². The van der Waals surface area contributed by atoms with E-state index < -0.39 is 12.0 Å². The van der Waals surface area contributed by atoms with Crippen molar-refractivity contribution in [1.82, 2.24) is 15.1 Å². The summed E-state index contributed by atoms with van der Waals surface area (Å²) in [6, 6.07) is 0.415. The average molecular weight is 255 g/mol. The third-order valence-corrected chi connectivity index (χ3v) is 3.85. The molecule has 0 amide bonds. The maximum atomic E-state index is 11.2. The van der Waals surface area contributed by atoms with Crippen LogP contribution in [0.25, 0.3) is 0 Å². The minimum atomic E-state index is -0.729. The fourth-order valence-electron chi connectivity index (χ4n) is 2.56. The second-order valence-corrected chi connectivity index (χ2v) is 5.41. The first-order valence-electron chi connectivity index (χ1n) is 7.13. The molecule has 1 heterocycles. The summed E-state index contributed by atoms with van der Waals surface area (Å²) in [5.74, 6) is -0.729. The fourth-order valence-corrected chi connectivity index (χ4v) is 2.56. The lowest BCUT2D eigenvalue weighted by Gasteiger charge is -2.36. The molecule has 2 rings (SSSR count). The third kappa shape index (κ3) is 3.93. The van der Waals surface area contributed by atoms with Crippen LogP contribution in [-0.4, -0.2) is 72.2 Å². The second kappa shape index (κ2) is 6.50. The largest absolute Gasteiger partial charge is 0.480 e. The van der Waals surface area contributed by atoms with Gasteiger partial charge < -0.3 is 10.4 Å². The zero-order valence-electron chi connectivity index (χ0n) is 11.3. The Balaban J connectivity index is 1.72. The van der Waals surface area contributed by atoms with Gasteiger partial charge in [-0.1, -0.05) is 6.92 Å². The molecule has 104 valence electrons.